The lowest BCUT2D eigenvalue weighted by Crippen LogP contribution is -2.33. The second-order valence-electron chi connectivity index (χ2n) is 5.16. The van der Waals surface area contributed by atoms with Crippen molar-refractivity contribution in [1.29, 1.82) is 0 Å². The van der Waals surface area contributed by atoms with E-state index in [2.05, 4.69) is 15.3 Å². The maximum Gasteiger partial charge on any atom is 0.185 e. The van der Waals surface area contributed by atoms with Gasteiger partial charge in [-0.1, -0.05) is 48.5 Å². The van der Waals surface area contributed by atoms with Crippen LogP contribution in [0.2, 0.25) is 0 Å². The molecule has 0 saturated heterocycles. The second kappa shape index (κ2) is 6.37. The fourth-order valence-electron chi connectivity index (χ4n) is 2.16. The van der Waals surface area contributed by atoms with Gasteiger partial charge < -0.3 is 9.90 Å². The Morgan fingerprint density at radius 1 is 1.22 bits per heavy atom. The van der Waals surface area contributed by atoms with Gasteiger partial charge in [-0.15, -0.1) is 10.2 Å². The van der Waals surface area contributed by atoms with Crippen LogP contribution in [-0.4, -0.2) is 31.0 Å². The highest BCUT2D eigenvalue weighted by Crippen LogP contribution is 2.25. The van der Waals surface area contributed by atoms with Crippen molar-refractivity contribution < 1.29 is 9.90 Å². The number of aryl methyl sites for hydroxylation is 1. The third-order valence-electron chi connectivity index (χ3n) is 3.44. The summed E-state index contributed by atoms with van der Waals surface area (Å²) in [7, 11) is 0. The number of benzene rings is 1. The standard InChI is InChI=1S/C16H16N4O2S/c1-3-12(16(21)22)23-14-9-8-13-17-18-15(20(13)19-14)11-6-4-10(2)5-7-11/h4-9,12H,3H2,1-2H3,(H,21,22)/p-1/t12-/m0/s1. The van der Waals surface area contributed by atoms with Crippen LogP contribution in [0.3, 0.4) is 0 Å². The summed E-state index contributed by atoms with van der Waals surface area (Å²) in [4.78, 5) is 11.1. The number of rotatable bonds is 5. The Kier molecular flexibility index (Phi) is 4.29. The number of thioether (sulfide) groups is 1. The Morgan fingerprint density at radius 2 is 1.96 bits per heavy atom. The minimum atomic E-state index is -1.08. The number of hydrogen-bond donors (Lipinski definition) is 0. The number of fused-ring (bicyclic) bond motifs is 1. The number of aromatic nitrogens is 4. The molecule has 3 aromatic rings. The van der Waals surface area contributed by atoms with Crippen molar-refractivity contribution in [2.24, 2.45) is 0 Å². The molecular formula is C16H15N4O2S-. The largest absolute Gasteiger partial charge is 0.549 e. The van der Waals surface area contributed by atoms with E-state index in [0.29, 0.717) is 22.9 Å². The number of carbonyl (C=O) groups excluding carboxylic acids is 1. The first kappa shape index (κ1) is 15.5. The molecule has 0 N–H and O–H groups in total. The third kappa shape index (κ3) is 3.19. The van der Waals surface area contributed by atoms with Crippen molar-refractivity contribution in [2.75, 3.05) is 0 Å². The van der Waals surface area contributed by atoms with Gasteiger partial charge in [0.05, 0.1) is 11.2 Å². The van der Waals surface area contributed by atoms with Crippen molar-refractivity contribution in [3.63, 3.8) is 0 Å². The minimum Gasteiger partial charge on any atom is -0.549 e. The molecule has 1 aromatic carbocycles. The molecule has 7 heteroatoms. The van der Waals surface area contributed by atoms with Gasteiger partial charge in [0.2, 0.25) is 0 Å². The molecule has 0 amide bonds. The smallest absolute Gasteiger partial charge is 0.185 e. The molecule has 23 heavy (non-hydrogen) atoms. The fourth-order valence-corrected chi connectivity index (χ4v) is 2.99. The fraction of sp³-hybridized carbons (Fsp3) is 0.250. The van der Waals surface area contributed by atoms with Gasteiger partial charge in [0.15, 0.2) is 11.5 Å². The third-order valence-corrected chi connectivity index (χ3v) is 4.71. The van der Waals surface area contributed by atoms with Crippen molar-refractivity contribution in [3.8, 4) is 11.4 Å². The summed E-state index contributed by atoms with van der Waals surface area (Å²) in [5, 5.41) is 23.8. The molecule has 118 valence electrons. The topological polar surface area (TPSA) is 83.2 Å². The van der Waals surface area contributed by atoms with Crippen LogP contribution in [0.25, 0.3) is 17.0 Å². The summed E-state index contributed by atoms with van der Waals surface area (Å²) < 4.78 is 1.63. The molecular weight excluding hydrogens is 312 g/mol. The van der Waals surface area contributed by atoms with E-state index >= 15 is 0 Å². The second-order valence-corrected chi connectivity index (χ2v) is 6.39. The first-order chi connectivity index (χ1) is 11.1. The Morgan fingerprint density at radius 3 is 2.61 bits per heavy atom. The molecule has 0 aliphatic carbocycles. The maximum absolute atomic E-state index is 11.1. The van der Waals surface area contributed by atoms with Crippen LogP contribution in [0.4, 0.5) is 0 Å². The lowest BCUT2D eigenvalue weighted by molar-refractivity contribution is -0.304. The van der Waals surface area contributed by atoms with E-state index in [4.69, 9.17) is 0 Å². The summed E-state index contributed by atoms with van der Waals surface area (Å²) in [6.07, 6.45) is 0.472. The molecule has 1 atom stereocenters. The highest BCUT2D eigenvalue weighted by Gasteiger charge is 2.14. The number of carbonyl (C=O) groups is 1. The average Bonchev–Trinajstić information content (AvgIpc) is 2.96. The Bertz CT molecular complexity index is 845. The highest BCUT2D eigenvalue weighted by molar-refractivity contribution is 8.00. The first-order valence-corrected chi connectivity index (χ1v) is 8.13. The summed E-state index contributed by atoms with van der Waals surface area (Å²) in [5.41, 5.74) is 2.68. The van der Waals surface area contributed by atoms with Gasteiger partial charge in [0.1, 0.15) is 5.03 Å². The highest BCUT2D eigenvalue weighted by atomic mass is 32.2. The number of hydrogen-bond acceptors (Lipinski definition) is 6. The SMILES string of the molecule is CC[C@H](Sc1ccc2nnc(-c3ccc(C)cc3)n2n1)C(=O)[O-]. The van der Waals surface area contributed by atoms with Gasteiger partial charge in [-0.3, -0.25) is 0 Å². The van der Waals surface area contributed by atoms with Gasteiger partial charge in [0.25, 0.3) is 0 Å². The molecule has 0 saturated carbocycles. The summed E-state index contributed by atoms with van der Waals surface area (Å²) in [6, 6.07) is 11.4. The van der Waals surface area contributed by atoms with E-state index < -0.39 is 11.2 Å². The molecule has 0 unspecified atom stereocenters. The van der Waals surface area contributed by atoms with E-state index in [1.165, 1.54) is 11.8 Å². The van der Waals surface area contributed by atoms with Crippen molar-refractivity contribution in [2.45, 2.75) is 30.5 Å². The van der Waals surface area contributed by atoms with Gasteiger partial charge in [-0.05, 0) is 25.5 Å². The Balaban J connectivity index is 2.00. The van der Waals surface area contributed by atoms with E-state index in [9.17, 15) is 9.90 Å². The first-order valence-electron chi connectivity index (χ1n) is 7.25. The van der Waals surface area contributed by atoms with Crippen LogP contribution in [0.1, 0.15) is 18.9 Å². The van der Waals surface area contributed by atoms with E-state index in [1.54, 1.807) is 16.6 Å². The van der Waals surface area contributed by atoms with Crippen LogP contribution in [0, 0.1) is 6.92 Å². The number of carboxylic acid groups (broad SMARTS) is 1. The minimum absolute atomic E-state index is 0.472. The van der Waals surface area contributed by atoms with Gasteiger partial charge >= 0.3 is 0 Å². The van der Waals surface area contributed by atoms with E-state index in [0.717, 1.165) is 11.1 Å². The predicted molar refractivity (Wildman–Crippen MR) is 85.9 cm³/mol. The molecule has 2 aromatic heterocycles. The molecule has 0 radical (unpaired) electrons. The molecule has 2 heterocycles. The quantitative estimate of drug-likeness (QED) is 0.664. The molecule has 3 rings (SSSR count). The van der Waals surface area contributed by atoms with Crippen LogP contribution >= 0.6 is 11.8 Å². The lowest BCUT2D eigenvalue weighted by atomic mass is 10.1. The molecule has 0 bridgehead atoms. The average molecular weight is 327 g/mol. The summed E-state index contributed by atoms with van der Waals surface area (Å²) in [6.45, 7) is 3.83. The zero-order valence-corrected chi connectivity index (χ0v) is 13.6. The van der Waals surface area contributed by atoms with E-state index in [-0.39, 0.29) is 0 Å². The molecule has 0 aliphatic rings. The molecule has 6 nitrogen and oxygen atoms in total. The molecule has 0 aliphatic heterocycles. The Labute approximate surface area is 137 Å². The molecule has 0 fully saturated rings. The van der Waals surface area contributed by atoms with Gasteiger partial charge in [0, 0.05) is 5.56 Å². The number of carboxylic acids is 1. The van der Waals surface area contributed by atoms with Crippen LogP contribution in [0.5, 0.6) is 0 Å². The lowest BCUT2D eigenvalue weighted by Gasteiger charge is -2.14. The normalized spacial score (nSPS) is 12.4. The van der Waals surface area contributed by atoms with Gasteiger partial charge in [-0.25, -0.2) is 0 Å². The van der Waals surface area contributed by atoms with Crippen molar-refractivity contribution >= 4 is 23.4 Å². The number of nitrogens with zero attached hydrogens (tertiary/aromatic N) is 4. The zero-order valence-electron chi connectivity index (χ0n) is 12.8. The zero-order chi connectivity index (χ0) is 16.4. The number of aliphatic carboxylic acids is 1. The van der Waals surface area contributed by atoms with Crippen LogP contribution < -0.4 is 5.11 Å². The monoisotopic (exact) mass is 327 g/mol. The maximum atomic E-state index is 11.1. The van der Waals surface area contributed by atoms with Gasteiger partial charge in [-0.2, -0.15) is 9.61 Å². The van der Waals surface area contributed by atoms with E-state index in [1.807, 2.05) is 38.1 Å². The van der Waals surface area contributed by atoms with Crippen LogP contribution in [0.15, 0.2) is 41.4 Å². The van der Waals surface area contributed by atoms with Crippen molar-refractivity contribution in [3.05, 3.63) is 42.0 Å². The Hall–Kier alpha value is -2.41. The summed E-state index contributed by atoms with van der Waals surface area (Å²) >= 11 is 1.17. The predicted octanol–water partition coefficient (Wildman–Crippen LogP) is 1.72. The molecule has 0 spiro atoms. The van der Waals surface area contributed by atoms with Crippen LogP contribution in [-0.2, 0) is 4.79 Å². The van der Waals surface area contributed by atoms with Crippen molar-refractivity contribution in [1.82, 2.24) is 19.8 Å². The summed E-state index contributed by atoms with van der Waals surface area (Å²) in [5.74, 6) is -0.453.